The van der Waals surface area contributed by atoms with Gasteiger partial charge >= 0.3 is 0 Å². The Kier molecular flexibility index (Phi) is 2.50. The van der Waals surface area contributed by atoms with Gasteiger partial charge in [-0.2, -0.15) is 0 Å². The summed E-state index contributed by atoms with van der Waals surface area (Å²) in [5, 5.41) is 9.56. The van der Waals surface area contributed by atoms with Crippen LogP contribution in [0.15, 0.2) is 18.2 Å². The summed E-state index contributed by atoms with van der Waals surface area (Å²) >= 11 is 0. The molecule has 0 aliphatic heterocycles. The van der Waals surface area contributed by atoms with Gasteiger partial charge in [0.25, 0.3) is 0 Å². The van der Waals surface area contributed by atoms with E-state index in [4.69, 9.17) is 0 Å². The van der Waals surface area contributed by atoms with E-state index in [1.54, 1.807) is 0 Å². The molecule has 1 aliphatic rings. The highest BCUT2D eigenvalue weighted by atomic mass is 19.1. The summed E-state index contributed by atoms with van der Waals surface area (Å²) in [4.78, 5) is 0. The SMILES string of the molecule is OC1CCCC1c1c(F)cccc1F. The minimum atomic E-state index is -0.596. The van der Waals surface area contributed by atoms with E-state index in [9.17, 15) is 13.9 Å². The van der Waals surface area contributed by atoms with E-state index in [-0.39, 0.29) is 11.5 Å². The second kappa shape index (κ2) is 3.65. The zero-order chi connectivity index (χ0) is 10.1. The summed E-state index contributed by atoms with van der Waals surface area (Å²) < 4.78 is 26.6. The number of hydrogen-bond acceptors (Lipinski definition) is 1. The van der Waals surface area contributed by atoms with Gasteiger partial charge in [-0.1, -0.05) is 12.5 Å². The van der Waals surface area contributed by atoms with Crippen LogP contribution in [0.3, 0.4) is 0 Å². The molecule has 1 fully saturated rings. The van der Waals surface area contributed by atoms with Gasteiger partial charge in [0.15, 0.2) is 0 Å². The van der Waals surface area contributed by atoms with E-state index in [1.165, 1.54) is 18.2 Å². The molecule has 1 saturated carbocycles. The molecule has 0 bridgehead atoms. The minimum Gasteiger partial charge on any atom is -0.392 e. The van der Waals surface area contributed by atoms with Crippen molar-refractivity contribution in [2.45, 2.75) is 31.3 Å². The maximum absolute atomic E-state index is 13.3. The van der Waals surface area contributed by atoms with Gasteiger partial charge in [-0.3, -0.25) is 0 Å². The average molecular weight is 198 g/mol. The van der Waals surface area contributed by atoms with Gasteiger partial charge < -0.3 is 5.11 Å². The smallest absolute Gasteiger partial charge is 0.129 e. The molecule has 0 heterocycles. The average Bonchev–Trinajstić information content (AvgIpc) is 2.52. The van der Waals surface area contributed by atoms with Crippen LogP contribution in [0.4, 0.5) is 8.78 Å². The quantitative estimate of drug-likeness (QED) is 0.735. The van der Waals surface area contributed by atoms with Crippen molar-refractivity contribution in [3.8, 4) is 0 Å². The number of aliphatic hydroxyl groups is 1. The van der Waals surface area contributed by atoms with Crippen molar-refractivity contribution in [2.75, 3.05) is 0 Å². The zero-order valence-electron chi connectivity index (χ0n) is 7.71. The number of hydrogen-bond donors (Lipinski definition) is 1. The van der Waals surface area contributed by atoms with Gasteiger partial charge in [0.1, 0.15) is 11.6 Å². The van der Waals surface area contributed by atoms with Gasteiger partial charge in [0.05, 0.1) is 6.10 Å². The van der Waals surface area contributed by atoms with Crippen molar-refractivity contribution >= 4 is 0 Å². The second-order valence-corrected chi connectivity index (χ2v) is 3.74. The van der Waals surface area contributed by atoms with Gasteiger partial charge in [-0.25, -0.2) is 8.78 Å². The Balaban J connectivity index is 2.39. The normalized spacial score (nSPS) is 26.8. The van der Waals surface area contributed by atoms with Crippen molar-refractivity contribution in [3.05, 3.63) is 35.4 Å². The van der Waals surface area contributed by atoms with Crippen LogP contribution in [0.25, 0.3) is 0 Å². The van der Waals surface area contributed by atoms with Crippen LogP contribution in [-0.4, -0.2) is 11.2 Å². The maximum Gasteiger partial charge on any atom is 0.129 e. The van der Waals surface area contributed by atoms with Crippen molar-refractivity contribution in [1.29, 1.82) is 0 Å². The molecule has 1 nitrogen and oxygen atoms in total. The summed E-state index contributed by atoms with van der Waals surface area (Å²) in [6, 6.07) is 3.82. The van der Waals surface area contributed by atoms with Crippen LogP contribution in [0.2, 0.25) is 0 Å². The number of halogens is 2. The second-order valence-electron chi connectivity index (χ2n) is 3.74. The summed E-state index contributed by atoms with van der Waals surface area (Å²) in [7, 11) is 0. The standard InChI is InChI=1S/C11H12F2O/c12-8-4-2-5-9(13)11(8)7-3-1-6-10(7)14/h2,4-5,7,10,14H,1,3,6H2. The lowest BCUT2D eigenvalue weighted by molar-refractivity contribution is 0.160. The third-order valence-corrected chi connectivity index (χ3v) is 2.85. The first-order chi connectivity index (χ1) is 6.70. The van der Waals surface area contributed by atoms with Crippen molar-refractivity contribution in [1.82, 2.24) is 0 Å². The molecule has 0 radical (unpaired) electrons. The fourth-order valence-electron chi connectivity index (χ4n) is 2.14. The molecule has 0 aromatic heterocycles. The molecule has 1 aromatic rings. The summed E-state index contributed by atoms with van der Waals surface area (Å²) in [5.41, 5.74) is 0.0532. The Labute approximate surface area is 81.4 Å². The molecule has 1 N–H and O–H groups in total. The highest BCUT2D eigenvalue weighted by Crippen LogP contribution is 2.36. The van der Waals surface area contributed by atoms with Gasteiger partial charge in [-0.15, -0.1) is 0 Å². The Morgan fingerprint density at radius 2 is 1.79 bits per heavy atom. The Morgan fingerprint density at radius 3 is 2.29 bits per heavy atom. The third kappa shape index (κ3) is 1.52. The number of benzene rings is 1. The largest absolute Gasteiger partial charge is 0.392 e. The van der Waals surface area contributed by atoms with Crippen LogP contribution in [-0.2, 0) is 0 Å². The van der Waals surface area contributed by atoms with Crippen molar-refractivity contribution < 1.29 is 13.9 Å². The highest BCUT2D eigenvalue weighted by Gasteiger charge is 2.30. The van der Waals surface area contributed by atoms with E-state index in [1.807, 2.05) is 0 Å². The summed E-state index contributed by atoms with van der Waals surface area (Å²) in [5.74, 6) is -1.46. The summed E-state index contributed by atoms with van der Waals surface area (Å²) in [6.07, 6.45) is 1.54. The first kappa shape index (κ1) is 9.59. The molecular formula is C11H12F2O. The minimum absolute atomic E-state index is 0.0532. The fourth-order valence-corrected chi connectivity index (χ4v) is 2.14. The maximum atomic E-state index is 13.3. The van der Waals surface area contributed by atoms with Gasteiger partial charge in [-0.05, 0) is 25.0 Å². The Bertz CT molecular complexity index is 318. The van der Waals surface area contributed by atoms with Crippen LogP contribution in [0, 0.1) is 11.6 Å². The number of rotatable bonds is 1. The van der Waals surface area contributed by atoms with Crippen LogP contribution in [0.5, 0.6) is 0 Å². The molecule has 3 heteroatoms. The van der Waals surface area contributed by atoms with Crippen LogP contribution < -0.4 is 0 Å². The van der Waals surface area contributed by atoms with E-state index in [0.29, 0.717) is 12.8 Å². The summed E-state index contributed by atoms with van der Waals surface area (Å²) in [6.45, 7) is 0. The lowest BCUT2D eigenvalue weighted by Crippen LogP contribution is -2.14. The first-order valence-corrected chi connectivity index (χ1v) is 4.82. The molecule has 76 valence electrons. The molecule has 2 rings (SSSR count). The zero-order valence-corrected chi connectivity index (χ0v) is 7.71. The molecule has 0 spiro atoms. The van der Waals surface area contributed by atoms with E-state index in [2.05, 4.69) is 0 Å². The fraction of sp³-hybridized carbons (Fsp3) is 0.455. The van der Waals surface area contributed by atoms with Crippen molar-refractivity contribution in [2.24, 2.45) is 0 Å². The third-order valence-electron chi connectivity index (χ3n) is 2.85. The molecule has 0 saturated heterocycles. The van der Waals surface area contributed by atoms with Crippen molar-refractivity contribution in [3.63, 3.8) is 0 Å². The predicted molar refractivity (Wildman–Crippen MR) is 49.0 cm³/mol. The predicted octanol–water partition coefficient (Wildman–Crippen LogP) is 2.59. The Hall–Kier alpha value is -0.960. The van der Waals surface area contributed by atoms with Crippen LogP contribution in [0.1, 0.15) is 30.7 Å². The first-order valence-electron chi connectivity index (χ1n) is 4.82. The van der Waals surface area contributed by atoms with E-state index < -0.39 is 17.7 Å². The Morgan fingerprint density at radius 1 is 1.14 bits per heavy atom. The monoisotopic (exact) mass is 198 g/mol. The lowest BCUT2D eigenvalue weighted by Gasteiger charge is -2.16. The van der Waals surface area contributed by atoms with Crippen LogP contribution >= 0.6 is 0 Å². The molecule has 14 heavy (non-hydrogen) atoms. The molecule has 1 aromatic carbocycles. The van der Waals surface area contributed by atoms with Gasteiger partial charge in [0.2, 0.25) is 0 Å². The van der Waals surface area contributed by atoms with Gasteiger partial charge in [0, 0.05) is 11.5 Å². The topological polar surface area (TPSA) is 20.2 Å². The molecular weight excluding hydrogens is 186 g/mol. The number of aliphatic hydroxyl groups excluding tert-OH is 1. The highest BCUT2D eigenvalue weighted by molar-refractivity contribution is 5.25. The van der Waals surface area contributed by atoms with E-state index in [0.717, 1.165) is 6.42 Å². The molecule has 1 aliphatic carbocycles. The molecule has 2 atom stereocenters. The molecule has 2 unspecified atom stereocenters. The molecule has 0 amide bonds. The van der Waals surface area contributed by atoms with E-state index >= 15 is 0 Å². The lowest BCUT2D eigenvalue weighted by atomic mass is 9.95.